The first-order valence-electron chi connectivity index (χ1n) is 4.19. The van der Waals surface area contributed by atoms with Crippen molar-refractivity contribution in [3.8, 4) is 0 Å². The molecule has 0 aromatic rings. The van der Waals surface area contributed by atoms with Crippen LogP contribution < -0.4 is 5.32 Å². The van der Waals surface area contributed by atoms with Gasteiger partial charge in [-0.15, -0.1) is 0 Å². The van der Waals surface area contributed by atoms with E-state index in [2.05, 4.69) is 10.1 Å². The summed E-state index contributed by atoms with van der Waals surface area (Å²) in [6.07, 6.45) is 1.53. The number of hydrogen-bond donors (Lipinski definition) is 1. The molecule has 0 fully saturated rings. The highest BCUT2D eigenvalue weighted by Gasteiger charge is 2.11. The maximum Gasteiger partial charge on any atom is 0.335 e. The van der Waals surface area contributed by atoms with E-state index in [4.69, 9.17) is 0 Å². The number of nitrogens with one attached hydrogen (secondary N) is 1. The van der Waals surface area contributed by atoms with Gasteiger partial charge in [-0.1, -0.05) is 13.8 Å². The summed E-state index contributed by atoms with van der Waals surface area (Å²) in [7, 11) is 3.22. The Labute approximate surface area is 73.8 Å². The van der Waals surface area contributed by atoms with E-state index >= 15 is 0 Å². The molecule has 3 heteroatoms. The molecule has 0 saturated heterocycles. The van der Waals surface area contributed by atoms with Crippen LogP contribution in [-0.4, -0.2) is 20.1 Å². The Bertz CT molecular complexity index is 179. The molecule has 0 aliphatic carbocycles. The van der Waals surface area contributed by atoms with Crippen LogP contribution in [0.25, 0.3) is 0 Å². The van der Waals surface area contributed by atoms with Crippen LogP contribution in [-0.2, 0) is 9.53 Å². The Morgan fingerprint density at radius 3 is 2.17 bits per heavy atom. The summed E-state index contributed by atoms with van der Waals surface area (Å²) in [5.41, 5.74) is 1.70. The fourth-order valence-corrected chi connectivity index (χ4v) is 1.15. The molecule has 0 amide bonds. The molecule has 3 nitrogen and oxygen atoms in total. The highest BCUT2D eigenvalue weighted by atomic mass is 16.5. The standard InChI is InChI=1S/C9H17NO2/c1-5-7(9(11)12-4)8(6-2)10-3/h10H,5-6H2,1-4H3/b8-7-. The molecule has 0 rings (SSSR count). The molecule has 0 unspecified atom stereocenters. The SMILES string of the molecule is CC/C(NC)=C(\CC)C(=O)OC. The van der Waals surface area contributed by atoms with Gasteiger partial charge in [0.2, 0.25) is 0 Å². The van der Waals surface area contributed by atoms with Crippen LogP contribution in [0.1, 0.15) is 26.7 Å². The molecule has 0 bridgehead atoms. The molecule has 12 heavy (non-hydrogen) atoms. The lowest BCUT2D eigenvalue weighted by molar-refractivity contribution is -0.136. The molecular formula is C9H17NO2. The van der Waals surface area contributed by atoms with E-state index in [9.17, 15) is 4.79 Å². The summed E-state index contributed by atoms with van der Waals surface area (Å²) < 4.78 is 4.65. The van der Waals surface area contributed by atoms with E-state index in [1.54, 1.807) is 0 Å². The Morgan fingerprint density at radius 1 is 1.33 bits per heavy atom. The number of carbonyl (C=O) groups is 1. The second-order valence-corrected chi connectivity index (χ2v) is 2.41. The summed E-state index contributed by atoms with van der Waals surface area (Å²) in [4.78, 5) is 11.2. The molecule has 1 N–H and O–H groups in total. The lowest BCUT2D eigenvalue weighted by Crippen LogP contribution is -2.15. The van der Waals surface area contributed by atoms with E-state index in [0.29, 0.717) is 6.42 Å². The molecular weight excluding hydrogens is 154 g/mol. The zero-order valence-corrected chi connectivity index (χ0v) is 8.23. The van der Waals surface area contributed by atoms with Crippen molar-refractivity contribution in [2.24, 2.45) is 0 Å². The van der Waals surface area contributed by atoms with Crippen LogP contribution in [0, 0.1) is 0 Å². The number of methoxy groups -OCH3 is 1. The van der Waals surface area contributed by atoms with Crippen molar-refractivity contribution in [3.05, 3.63) is 11.3 Å². The topological polar surface area (TPSA) is 38.3 Å². The van der Waals surface area contributed by atoms with Crippen LogP contribution in [0.15, 0.2) is 11.3 Å². The van der Waals surface area contributed by atoms with Crippen molar-refractivity contribution < 1.29 is 9.53 Å². The minimum absolute atomic E-state index is 0.233. The lowest BCUT2D eigenvalue weighted by Gasteiger charge is -2.09. The molecule has 0 atom stereocenters. The number of allylic oxidation sites excluding steroid dienone is 1. The van der Waals surface area contributed by atoms with Gasteiger partial charge in [-0.05, 0) is 12.8 Å². The van der Waals surface area contributed by atoms with E-state index in [-0.39, 0.29) is 5.97 Å². The first-order valence-corrected chi connectivity index (χ1v) is 4.19. The van der Waals surface area contributed by atoms with Crippen LogP contribution in [0.5, 0.6) is 0 Å². The molecule has 0 heterocycles. The normalized spacial score (nSPS) is 12.0. The van der Waals surface area contributed by atoms with Crippen molar-refractivity contribution in [2.45, 2.75) is 26.7 Å². The predicted octanol–water partition coefficient (Wildman–Crippen LogP) is 1.45. The van der Waals surface area contributed by atoms with Gasteiger partial charge in [0.1, 0.15) is 0 Å². The third-order valence-electron chi connectivity index (χ3n) is 1.80. The van der Waals surface area contributed by atoms with Crippen molar-refractivity contribution in [1.29, 1.82) is 0 Å². The van der Waals surface area contributed by atoms with E-state index in [1.165, 1.54) is 7.11 Å². The zero-order valence-electron chi connectivity index (χ0n) is 8.23. The summed E-state index contributed by atoms with van der Waals surface area (Å²) in [6, 6.07) is 0. The van der Waals surface area contributed by atoms with Gasteiger partial charge in [0.25, 0.3) is 0 Å². The zero-order chi connectivity index (χ0) is 9.56. The van der Waals surface area contributed by atoms with Gasteiger partial charge in [0.05, 0.1) is 12.7 Å². The fraction of sp³-hybridized carbons (Fsp3) is 0.667. The van der Waals surface area contributed by atoms with Crippen molar-refractivity contribution >= 4 is 5.97 Å². The van der Waals surface area contributed by atoms with E-state index < -0.39 is 0 Å². The fourth-order valence-electron chi connectivity index (χ4n) is 1.15. The van der Waals surface area contributed by atoms with Crippen LogP contribution in [0.2, 0.25) is 0 Å². The van der Waals surface area contributed by atoms with Gasteiger partial charge in [-0.2, -0.15) is 0 Å². The summed E-state index contributed by atoms with van der Waals surface area (Å²) in [5, 5.41) is 3.00. The summed E-state index contributed by atoms with van der Waals surface area (Å²) in [6.45, 7) is 3.95. The minimum Gasteiger partial charge on any atom is -0.466 e. The van der Waals surface area contributed by atoms with Crippen molar-refractivity contribution in [3.63, 3.8) is 0 Å². The third-order valence-corrected chi connectivity index (χ3v) is 1.80. The Kier molecular flexibility index (Phi) is 5.17. The largest absolute Gasteiger partial charge is 0.466 e. The van der Waals surface area contributed by atoms with Crippen LogP contribution in [0.3, 0.4) is 0 Å². The maximum absolute atomic E-state index is 11.2. The monoisotopic (exact) mass is 171 g/mol. The van der Waals surface area contributed by atoms with Gasteiger partial charge < -0.3 is 10.1 Å². The molecule has 70 valence electrons. The lowest BCUT2D eigenvalue weighted by atomic mass is 10.1. The average Bonchev–Trinajstić information content (AvgIpc) is 2.12. The number of carbonyl (C=O) groups excluding carboxylic acids is 1. The highest BCUT2D eigenvalue weighted by molar-refractivity contribution is 5.89. The van der Waals surface area contributed by atoms with Gasteiger partial charge >= 0.3 is 5.97 Å². The number of esters is 1. The molecule has 0 aromatic carbocycles. The van der Waals surface area contributed by atoms with Gasteiger partial charge in [0, 0.05) is 12.7 Å². The van der Waals surface area contributed by atoms with Crippen molar-refractivity contribution in [1.82, 2.24) is 5.32 Å². The molecule has 0 aliphatic heterocycles. The van der Waals surface area contributed by atoms with Crippen LogP contribution >= 0.6 is 0 Å². The second-order valence-electron chi connectivity index (χ2n) is 2.41. The second kappa shape index (κ2) is 5.63. The molecule has 0 aliphatic rings. The minimum atomic E-state index is -0.233. The quantitative estimate of drug-likeness (QED) is 0.514. The van der Waals surface area contributed by atoms with Crippen LogP contribution in [0.4, 0.5) is 0 Å². The maximum atomic E-state index is 11.2. The first-order chi connectivity index (χ1) is 5.71. The Balaban J connectivity index is 4.68. The molecule has 0 saturated carbocycles. The number of ether oxygens (including phenoxy) is 1. The summed E-state index contributed by atoms with van der Waals surface area (Å²) >= 11 is 0. The summed E-state index contributed by atoms with van der Waals surface area (Å²) in [5.74, 6) is -0.233. The van der Waals surface area contributed by atoms with E-state index in [0.717, 1.165) is 17.7 Å². The third kappa shape index (κ3) is 2.57. The predicted molar refractivity (Wildman–Crippen MR) is 48.7 cm³/mol. The Morgan fingerprint density at radius 2 is 1.92 bits per heavy atom. The number of rotatable bonds is 4. The molecule has 0 aromatic heterocycles. The average molecular weight is 171 g/mol. The van der Waals surface area contributed by atoms with Gasteiger partial charge in [-0.25, -0.2) is 4.79 Å². The highest BCUT2D eigenvalue weighted by Crippen LogP contribution is 2.10. The van der Waals surface area contributed by atoms with Crippen molar-refractivity contribution in [2.75, 3.05) is 14.2 Å². The van der Waals surface area contributed by atoms with Gasteiger partial charge in [0.15, 0.2) is 0 Å². The smallest absolute Gasteiger partial charge is 0.335 e. The Hall–Kier alpha value is -0.990. The first kappa shape index (κ1) is 11.0. The molecule has 0 radical (unpaired) electrons. The number of hydrogen-bond acceptors (Lipinski definition) is 3. The van der Waals surface area contributed by atoms with Gasteiger partial charge in [-0.3, -0.25) is 0 Å². The van der Waals surface area contributed by atoms with E-state index in [1.807, 2.05) is 20.9 Å². The molecule has 0 spiro atoms.